The zero-order valence-electron chi connectivity index (χ0n) is 9.16. The van der Waals surface area contributed by atoms with Crippen molar-refractivity contribution in [3.8, 4) is 0 Å². The van der Waals surface area contributed by atoms with Gasteiger partial charge in [-0.25, -0.2) is 0 Å². The third kappa shape index (κ3) is 4.45. The zero-order valence-corrected chi connectivity index (χ0v) is 11.6. The van der Waals surface area contributed by atoms with Crippen LogP contribution >= 0.6 is 27.7 Å². The van der Waals surface area contributed by atoms with Gasteiger partial charge in [0.2, 0.25) is 0 Å². The van der Waals surface area contributed by atoms with E-state index in [2.05, 4.69) is 46.3 Å². The van der Waals surface area contributed by atoms with E-state index in [0.29, 0.717) is 0 Å². The number of nitrogen functional groups attached to an aromatic ring is 1. The summed E-state index contributed by atoms with van der Waals surface area (Å²) < 4.78 is 0.985. The highest BCUT2D eigenvalue weighted by molar-refractivity contribution is 9.10. The molecule has 0 aromatic heterocycles. The minimum Gasteiger partial charge on any atom is -0.398 e. The van der Waals surface area contributed by atoms with Crippen LogP contribution in [0.2, 0.25) is 0 Å². The fourth-order valence-electron chi connectivity index (χ4n) is 1.31. The summed E-state index contributed by atoms with van der Waals surface area (Å²) in [5.41, 5.74) is 7.82. The molecule has 0 bridgehead atoms. The largest absolute Gasteiger partial charge is 0.398 e. The highest BCUT2D eigenvalue weighted by Crippen LogP contribution is 2.20. The number of anilines is 1. The Hall–Kier alpha value is -0.190. The monoisotopic (exact) mass is 288 g/mol. The van der Waals surface area contributed by atoms with Gasteiger partial charge in [-0.3, -0.25) is 0 Å². The van der Waals surface area contributed by atoms with Crippen LogP contribution in [0, 0.1) is 0 Å². The second-order valence-corrected chi connectivity index (χ2v) is 5.43. The molecular formula is C11H17BrN2S. The molecule has 2 nitrogen and oxygen atoms in total. The predicted molar refractivity (Wildman–Crippen MR) is 73.3 cm³/mol. The number of halogens is 1. The Morgan fingerprint density at radius 1 is 1.47 bits per heavy atom. The Morgan fingerprint density at radius 2 is 2.20 bits per heavy atom. The van der Waals surface area contributed by atoms with Crippen molar-refractivity contribution in [2.45, 2.75) is 6.54 Å². The van der Waals surface area contributed by atoms with E-state index in [1.165, 1.54) is 11.3 Å². The summed E-state index contributed by atoms with van der Waals surface area (Å²) in [5, 5.41) is 0. The molecule has 84 valence electrons. The minimum atomic E-state index is 0.797. The molecule has 0 radical (unpaired) electrons. The fraction of sp³-hybridized carbons (Fsp3) is 0.455. The van der Waals surface area contributed by atoms with Crippen molar-refractivity contribution in [2.75, 3.05) is 31.3 Å². The molecule has 0 heterocycles. The van der Waals surface area contributed by atoms with E-state index < -0.39 is 0 Å². The summed E-state index contributed by atoms with van der Waals surface area (Å²) in [6, 6.07) is 6.11. The number of hydrogen-bond donors (Lipinski definition) is 1. The lowest BCUT2D eigenvalue weighted by Gasteiger charge is -2.16. The van der Waals surface area contributed by atoms with Gasteiger partial charge in [0.05, 0.1) is 0 Å². The predicted octanol–water partition coefficient (Wildman–Crippen LogP) is 2.83. The van der Waals surface area contributed by atoms with Gasteiger partial charge < -0.3 is 10.6 Å². The molecule has 2 N–H and O–H groups in total. The number of thioether (sulfide) groups is 1. The van der Waals surface area contributed by atoms with Gasteiger partial charge >= 0.3 is 0 Å². The van der Waals surface area contributed by atoms with Crippen LogP contribution in [-0.4, -0.2) is 30.5 Å². The lowest BCUT2D eigenvalue weighted by molar-refractivity contribution is 0.349. The highest BCUT2D eigenvalue weighted by atomic mass is 79.9. The first-order valence-corrected chi connectivity index (χ1v) is 7.03. The Bertz CT molecular complexity index is 317. The SMILES string of the molecule is CSCCN(C)Cc1ccc(N)c(Br)c1. The van der Waals surface area contributed by atoms with Crippen molar-refractivity contribution in [3.05, 3.63) is 28.2 Å². The van der Waals surface area contributed by atoms with E-state index in [0.717, 1.165) is 23.2 Å². The average molecular weight is 289 g/mol. The van der Waals surface area contributed by atoms with Crippen molar-refractivity contribution in [1.29, 1.82) is 0 Å². The standard InChI is InChI=1S/C11H17BrN2S/c1-14(5-6-15-2)8-9-3-4-11(13)10(12)7-9/h3-4,7H,5-6,8,13H2,1-2H3. The highest BCUT2D eigenvalue weighted by Gasteiger charge is 2.02. The maximum absolute atomic E-state index is 5.74. The number of rotatable bonds is 5. The molecule has 0 fully saturated rings. The van der Waals surface area contributed by atoms with Crippen molar-refractivity contribution < 1.29 is 0 Å². The number of nitrogens with zero attached hydrogens (tertiary/aromatic N) is 1. The van der Waals surface area contributed by atoms with Gasteiger partial charge in [0, 0.05) is 29.0 Å². The second kappa shape index (κ2) is 6.40. The molecule has 1 aromatic carbocycles. The van der Waals surface area contributed by atoms with Gasteiger partial charge in [-0.2, -0.15) is 11.8 Å². The van der Waals surface area contributed by atoms with Crippen molar-refractivity contribution in [1.82, 2.24) is 4.90 Å². The lowest BCUT2D eigenvalue weighted by Crippen LogP contribution is -2.20. The molecule has 0 saturated carbocycles. The first kappa shape index (κ1) is 12.9. The molecule has 0 aliphatic carbocycles. The average Bonchev–Trinajstić information content (AvgIpc) is 2.20. The van der Waals surface area contributed by atoms with Crippen LogP contribution in [0.4, 0.5) is 5.69 Å². The van der Waals surface area contributed by atoms with Crippen LogP contribution in [0.5, 0.6) is 0 Å². The summed E-state index contributed by atoms with van der Waals surface area (Å²) in [5.74, 6) is 1.17. The molecule has 4 heteroatoms. The lowest BCUT2D eigenvalue weighted by atomic mass is 10.2. The topological polar surface area (TPSA) is 29.3 Å². The maximum Gasteiger partial charge on any atom is 0.0458 e. The number of nitrogens with two attached hydrogens (primary N) is 1. The van der Waals surface area contributed by atoms with E-state index in [9.17, 15) is 0 Å². The molecule has 1 aromatic rings. The van der Waals surface area contributed by atoms with Crippen LogP contribution in [0.25, 0.3) is 0 Å². The quantitative estimate of drug-likeness (QED) is 0.845. The first-order chi connectivity index (χ1) is 7.13. The van der Waals surface area contributed by atoms with Crippen LogP contribution in [-0.2, 0) is 6.54 Å². The second-order valence-electron chi connectivity index (χ2n) is 3.59. The minimum absolute atomic E-state index is 0.797. The van der Waals surface area contributed by atoms with E-state index >= 15 is 0 Å². The van der Waals surface area contributed by atoms with Gasteiger partial charge in [0.25, 0.3) is 0 Å². The van der Waals surface area contributed by atoms with E-state index in [-0.39, 0.29) is 0 Å². The molecule has 1 rings (SSSR count). The van der Waals surface area contributed by atoms with Crippen LogP contribution in [0.15, 0.2) is 22.7 Å². The van der Waals surface area contributed by atoms with Crippen molar-refractivity contribution in [2.24, 2.45) is 0 Å². The third-order valence-electron chi connectivity index (χ3n) is 2.19. The number of benzene rings is 1. The maximum atomic E-state index is 5.74. The van der Waals surface area contributed by atoms with Crippen LogP contribution < -0.4 is 5.73 Å². The summed E-state index contributed by atoms with van der Waals surface area (Å²) in [7, 11) is 2.14. The molecule has 0 aliphatic rings. The Kier molecular flexibility index (Phi) is 5.50. The molecule has 0 spiro atoms. The molecule has 0 amide bonds. The summed E-state index contributed by atoms with van der Waals surface area (Å²) in [6.07, 6.45) is 2.13. The van der Waals surface area contributed by atoms with Gasteiger partial charge in [-0.1, -0.05) is 6.07 Å². The fourth-order valence-corrected chi connectivity index (χ4v) is 2.23. The smallest absolute Gasteiger partial charge is 0.0458 e. The molecule has 15 heavy (non-hydrogen) atoms. The van der Waals surface area contributed by atoms with Crippen molar-refractivity contribution >= 4 is 33.4 Å². The molecular weight excluding hydrogens is 272 g/mol. The van der Waals surface area contributed by atoms with E-state index in [4.69, 9.17) is 5.73 Å². The molecule has 0 saturated heterocycles. The Labute approximate surface area is 104 Å². The van der Waals surface area contributed by atoms with Crippen LogP contribution in [0.1, 0.15) is 5.56 Å². The third-order valence-corrected chi connectivity index (χ3v) is 3.47. The summed E-state index contributed by atoms with van der Waals surface area (Å²) in [6.45, 7) is 2.09. The van der Waals surface area contributed by atoms with Gasteiger partial charge in [0.15, 0.2) is 0 Å². The normalized spacial score (nSPS) is 10.9. The van der Waals surface area contributed by atoms with Gasteiger partial charge in [-0.05, 0) is 46.9 Å². The van der Waals surface area contributed by atoms with Crippen molar-refractivity contribution in [3.63, 3.8) is 0 Å². The van der Waals surface area contributed by atoms with E-state index in [1.54, 1.807) is 0 Å². The first-order valence-electron chi connectivity index (χ1n) is 4.85. The molecule has 0 aliphatic heterocycles. The van der Waals surface area contributed by atoms with Crippen LogP contribution in [0.3, 0.4) is 0 Å². The van der Waals surface area contributed by atoms with Gasteiger partial charge in [0.1, 0.15) is 0 Å². The van der Waals surface area contributed by atoms with Gasteiger partial charge in [-0.15, -0.1) is 0 Å². The number of hydrogen-bond acceptors (Lipinski definition) is 3. The Morgan fingerprint density at radius 3 is 2.80 bits per heavy atom. The Balaban J connectivity index is 2.53. The van der Waals surface area contributed by atoms with E-state index in [1.807, 2.05) is 17.8 Å². The summed E-state index contributed by atoms with van der Waals surface area (Å²) in [4.78, 5) is 2.31. The molecule has 0 atom stereocenters. The molecule has 0 unspecified atom stereocenters. The zero-order chi connectivity index (χ0) is 11.3. The summed E-state index contributed by atoms with van der Waals surface area (Å²) >= 11 is 5.32.